The van der Waals surface area contributed by atoms with E-state index in [1.165, 1.54) is 0 Å². The summed E-state index contributed by atoms with van der Waals surface area (Å²) >= 11 is 0. The Morgan fingerprint density at radius 2 is 1.91 bits per heavy atom. The molecule has 2 saturated heterocycles. The molecule has 3 heterocycles. The lowest BCUT2D eigenvalue weighted by Crippen LogP contribution is -2.53. The molecule has 0 spiro atoms. The van der Waals surface area contributed by atoms with E-state index in [1.54, 1.807) is 0 Å². The minimum absolute atomic E-state index is 0.368. The van der Waals surface area contributed by atoms with Gasteiger partial charge in [0.05, 0.1) is 19.3 Å². The van der Waals surface area contributed by atoms with Gasteiger partial charge in [0.25, 0.3) is 0 Å². The van der Waals surface area contributed by atoms with Gasteiger partial charge in [-0.3, -0.25) is 14.7 Å². The van der Waals surface area contributed by atoms with Crippen LogP contribution in [0.4, 0.5) is 0 Å². The molecule has 0 bridgehead atoms. The Balaban J connectivity index is 1.41. The van der Waals surface area contributed by atoms with Crippen LogP contribution < -0.4 is 0 Å². The number of piperazine rings is 1. The number of ether oxygens (including phenoxy) is 1. The Kier molecular flexibility index (Phi) is 5.69. The van der Waals surface area contributed by atoms with Crippen molar-refractivity contribution in [2.45, 2.75) is 32.5 Å². The van der Waals surface area contributed by atoms with Gasteiger partial charge in [-0.1, -0.05) is 0 Å². The van der Waals surface area contributed by atoms with Crippen LogP contribution in [0.2, 0.25) is 0 Å². The standard InChI is InChI=1S/C17H31N5O/c1-15(2)22-10-11-23-16(13-22)12-20-6-8-21(9-7-20)14-17-18-4-5-19(17)3/h4-5,15-16H,6-14H2,1-3H3/t16-/m0/s1. The molecule has 130 valence electrons. The average molecular weight is 321 g/mol. The molecule has 0 amide bonds. The topological polar surface area (TPSA) is 36.8 Å². The Morgan fingerprint density at radius 3 is 2.57 bits per heavy atom. The molecule has 0 radical (unpaired) electrons. The number of hydrogen-bond donors (Lipinski definition) is 0. The summed E-state index contributed by atoms with van der Waals surface area (Å²) < 4.78 is 8.09. The Hall–Kier alpha value is -0.950. The second-order valence-electron chi connectivity index (χ2n) is 7.11. The Labute approximate surface area is 140 Å². The van der Waals surface area contributed by atoms with Crippen molar-refractivity contribution in [2.75, 3.05) is 52.4 Å². The fourth-order valence-electron chi connectivity index (χ4n) is 3.49. The largest absolute Gasteiger partial charge is 0.374 e. The predicted octanol–water partition coefficient (Wildman–Crippen LogP) is 0.647. The highest BCUT2D eigenvalue weighted by molar-refractivity contribution is 4.92. The third-order valence-electron chi connectivity index (χ3n) is 5.11. The zero-order chi connectivity index (χ0) is 16.2. The van der Waals surface area contributed by atoms with Crippen molar-refractivity contribution < 1.29 is 4.74 Å². The molecular formula is C17H31N5O. The van der Waals surface area contributed by atoms with Crippen LogP contribution in [0.25, 0.3) is 0 Å². The van der Waals surface area contributed by atoms with E-state index >= 15 is 0 Å². The molecule has 0 unspecified atom stereocenters. The quantitative estimate of drug-likeness (QED) is 0.796. The predicted molar refractivity (Wildman–Crippen MR) is 91.4 cm³/mol. The summed E-state index contributed by atoms with van der Waals surface area (Å²) in [5.41, 5.74) is 0. The van der Waals surface area contributed by atoms with Crippen LogP contribution in [0.15, 0.2) is 12.4 Å². The van der Waals surface area contributed by atoms with E-state index in [-0.39, 0.29) is 0 Å². The third kappa shape index (κ3) is 4.53. The van der Waals surface area contributed by atoms with Crippen LogP contribution in [-0.2, 0) is 18.3 Å². The first-order valence-electron chi connectivity index (χ1n) is 8.88. The summed E-state index contributed by atoms with van der Waals surface area (Å²) in [7, 11) is 2.07. The van der Waals surface area contributed by atoms with Gasteiger partial charge in [-0.2, -0.15) is 0 Å². The first-order valence-corrected chi connectivity index (χ1v) is 8.88. The highest BCUT2D eigenvalue weighted by Gasteiger charge is 2.26. The van der Waals surface area contributed by atoms with Crippen molar-refractivity contribution in [1.29, 1.82) is 0 Å². The normalized spacial score (nSPS) is 25.3. The second-order valence-corrected chi connectivity index (χ2v) is 7.11. The first-order chi connectivity index (χ1) is 11.1. The number of imidazole rings is 1. The maximum absolute atomic E-state index is 5.98. The van der Waals surface area contributed by atoms with E-state index in [0.717, 1.165) is 64.8 Å². The summed E-state index contributed by atoms with van der Waals surface area (Å²) in [6.07, 6.45) is 4.27. The lowest BCUT2D eigenvalue weighted by atomic mass is 10.2. The van der Waals surface area contributed by atoms with Gasteiger partial charge in [-0.25, -0.2) is 4.98 Å². The minimum atomic E-state index is 0.368. The summed E-state index contributed by atoms with van der Waals surface area (Å²) in [6, 6.07) is 0.621. The maximum atomic E-state index is 5.98. The van der Waals surface area contributed by atoms with Gasteiger partial charge >= 0.3 is 0 Å². The van der Waals surface area contributed by atoms with E-state index < -0.39 is 0 Å². The SMILES string of the molecule is CC(C)N1CCO[C@@H](CN2CCN(Cc3nccn3C)CC2)C1. The highest BCUT2D eigenvalue weighted by Crippen LogP contribution is 2.12. The van der Waals surface area contributed by atoms with Crippen molar-refractivity contribution in [3.05, 3.63) is 18.2 Å². The molecule has 2 fully saturated rings. The van der Waals surface area contributed by atoms with Gasteiger partial charge in [-0.05, 0) is 13.8 Å². The van der Waals surface area contributed by atoms with Crippen LogP contribution >= 0.6 is 0 Å². The fourth-order valence-corrected chi connectivity index (χ4v) is 3.49. The van der Waals surface area contributed by atoms with Crippen LogP contribution in [-0.4, -0.2) is 88.8 Å². The lowest BCUT2D eigenvalue weighted by Gasteiger charge is -2.40. The molecule has 6 heteroatoms. The number of nitrogens with zero attached hydrogens (tertiary/aromatic N) is 5. The molecule has 1 aromatic heterocycles. The summed E-state index contributed by atoms with van der Waals surface area (Å²) in [4.78, 5) is 12.0. The molecule has 0 aromatic carbocycles. The van der Waals surface area contributed by atoms with E-state index in [2.05, 4.69) is 45.1 Å². The van der Waals surface area contributed by atoms with Gasteiger partial charge < -0.3 is 9.30 Å². The van der Waals surface area contributed by atoms with Crippen molar-refractivity contribution in [1.82, 2.24) is 24.3 Å². The van der Waals surface area contributed by atoms with Gasteiger partial charge in [0.1, 0.15) is 5.82 Å². The summed E-state index contributed by atoms with van der Waals surface area (Å²) in [5.74, 6) is 1.15. The van der Waals surface area contributed by atoms with Gasteiger partial charge in [0, 0.05) is 71.3 Å². The molecule has 6 nitrogen and oxygen atoms in total. The lowest BCUT2D eigenvalue weighted by molar-refractivity contribution is -0.0566. The Morgan fingerprint density at radius 1 is 1.17 bits per heavy atom. The van der Waals surface area contributed by atoms with E-state index in [4.69, 9.17) is 4.74 Å². The average Bonchev–Trinajstić information content (AvgIpc) is 2.95. The number of aryl methyl sites for hydroxylation is 1. The highest BCUT2D eigenvalue weighted by atomic mass is 16.5. The zero-order valence-electron chi connectivity index (χ0n) is 14.8. The van der Waals surface area contributed by atoms with Gasteiger partial charge in [-0.15, -0.1) is 0 Å². The monoisotopic (exact) mass is 321 g/mol. The fraction of sp³-hybridized carbons (Fsp3) is 0.824. The van der Waals surface area contributed by atoms with Crippen molar-refractivity contribution in [3.63, 3.8) is 0 Å². The number of aromatic nitrogens is 2. The number of rotatable bonds is 5. The molecule has 3 rings (SSSR count). The maximum Gasteiger partial charge on any atom is 0.122 e. The van der Waals surface area contributed by atoms with Crippen molar-refractivity contribution in [3.8, 4) is 0 Å². The zero-order valence-corrected chi connectivity index (χ0v) is 14.8. The number of morpholine rings is 1. The van der Waals surface area contributed by atoms with Crippen molar-refractivity contribution >= 4 is 0 Å². The molecule has 0 saturated carbocycles. The smallest absolute Gasteiger partial charge is 0.122 e. The van der Waals surface area contributed by atoms with Gasteiger partial charge in [0.15, 0.2) is 0 Å². The van der Waals surface area contributed by atoms with Crippen molar-refractivity contribution in [2.24, 2.45) is 7.05 Å². The van der Waals surface area contributed by atoms with E-state index in [0.29, 0.717) is 12.1 Å². The molecule has 1 atom stereocenters. The Bertz CT molecular complexity index is 481. The second kappa shape index (κ2) is 7.75. The summed E-state index contributed by atoms with van der Waals surface area (Å²) in [6.45, 7) is 14.1. The molecular weight excluding hydrogens is 290 g/mol. The van der Waals surface area contributed by atoms with Crippen LogP contribution in [0.1, 0.15) is 19.7 Å². The third-order valence-corrected chi connectivity index (χ3v) is 5.11. The molecule has 0 N–H and O–H groups in total. The van der Waals surface area contributed by atoms with E-state index in [1.807, 2.05) is 12.4 Å². The molecule has 2 aliphatic rings. The molecule has 1 aromatic rings. The van der Waals surface area contributed by atoms with Crippen LogP contribution in [0.5, 0.6) is 0 Å². The molecule has 0 aliphatic carbocycles. The van der Waals surface area contributed by atoms with Gasteiger partial charge in [0.2, 0.25) is 0 Å². The molecule has 23 heavy (non-hydrogen) atoms. The van der Waals surface area contributed by atoms with E-state index in [9.17, 15) is 0 Å². The van der Waals surface area contributed by atoms with Crippen LogP contribution in [0, 0.1) is 0 Å². The minimum Gasteiger partial charge on any atom is -0.374 e. The van der Waals surface area contributed by atoms with Crippen LogP contribution in [0.3, 0.4) is 0 Å². The number of hydrogen-bond acceptors (Lipinski definition) is 5. The molecule has 2 aliphatic heterocycles. The summed E-state index contributed by atoms with van der Waals surface area (Å²) in [5, 5.41) is 0. The first kappa shape index (κ1) is 16.9.